The van der Waals surface area contributed by atoms with Crippen LogP contribution in [0.4, 0.5) is 5.69 Å². The van der Waals surface area contributed by atoms with E-state index in [0.29, 0.717) is 15.5 Å². The molecule has 0 aliphatic rings. The van der Waals surface area contributed by atoms with E-state index in [9.17, 15) is 25.1 Å². The number of carbonyl (C=O) groups excluding carboxylic acids is 1. The van der Waals surface area contributed by atoms with E-state index in [1.807, 2.05) is 0 Å². The molecule has 2 aromatic heterocycles. The predicted octanol–water partition coefficient (Wildman–Crippen LogP) is 1.99. The third-order valence-corrected chi connectivity index (χ3v) is 4.72. The summed E-state index contributed by atoms with van der Waals surface area (Å²) in [6, 6.07) is 5.24. The van der Waals surface area contributed by atoms with Crippen LogP contribution in [0, 0.1) is 10.1 Å². The fraction of sp³-hybridized carbons (Fsp3) is 0.167. The van der Waals surface area contributed by atoms with Crippen molar-refractivity contribution >= 4 is 33.2 Å². The minimum absolute atomic E-state index is 0.0434. The first kappa shape index (κ1) is 17.0. The molecule has 0 radical (unpaired) electrons. The molecule has 122 valence electrons. The Kier molecular flexibility index (Phi) is 5.71. The van der Waals surface area contributed by atoms with E-state index >= 15 is 0 Å². The molecule has 23 heavy (non-hydrogen) atoms. The summed E-state index contributed by atoms with van der Waals surface area (Å²) in [5.41, 5.74) is -0.0886. The van der Waals surface area contributed by atoms with E-state index < -0.39 is 10.9 Å². The monoisotopic (exact) mass is 357 g/mol. The second-order valence-corrected chi connectivity index (χ2v) is 6.51. The maximum atomic E-state index is 11.6. The molecular weight excluding hydrogens is 346 g/mol. The molecule has 9 nitrogen and oxygen atoms in total. The maximum absolute atomic E-state index is 11.6. The van der Waals surface area contributed by atoms with E-state index in [1.165, 1.54) is 45.9 Å². The Labute approximate surface area is 137 Å². The lowest BCUT2D eigenvalue weighted by molar-refractivity contribution is -0.385. The molecule has 11 heteroatoms. The van der Waals surface area contributed by atoms with Crippen molar-refractivity contribution in [2.45, 2.75) is 11.4 Å². The van der Waals surface area contributed by atoms with Crippen LogP contribution in [0.5, 0.6) is 11.8 Å². The van der Waals surface area contributed by atoms with E-state index in [2.05, 4.69) is 4.98 Å². The quantitative estimate of drug-likeness (QED) is 0.331. The zero-order valence-corrected chi connectivity index (χ0v) is 13.1. The zero-order chi connectivity index (χ0) is 16.8. The van der Waals surface area contributed by atoms with E-state index in [-0.39, 0.29) is 23.9 Å². The summed E-state index contributed by atoms with van der Waals surface area (Å²) in [4.78, 5) is 30.2. The fourth-order valence-electron chi connectivity index (χ4n) is 1.40. The van der Waals surface area contributed by atoms with Crippen molar-refractivity contribution in [3.63, 3.8) is 0 Å². The second-order valence-electron chi connectivity index (χ2n) is 4.07. The molecule has 0 spiro atoms. The van der Waals surface area contributed by atoms with Crippen molar-refractivity contribution in [3.05, 3.63) is 40.6 Å². The van der Waals surface area contributed by atoms with Crippen LogP contribution in [0.3, 0.4) is 0 Å². The van der Waals surface area contributed by atoms with Crippen LogP contribution >= 0.6 is 21.6 Å². The summed E-state index contributed by atoms with van der Waals surface area (Å²) in [5.74, 6) is -0.997. The van der Waals surface area contributed by atoms with Crippen molar-refractivity contribution in [1.29, 1.82) is 0 Å². The first-order valence-corrected chi connectivity index (χ1v) is 8.50. The molecule has 0 fully saturated rings. The number of aromatic nitrogens is 2. The SMILES string of the molecule is O=C(CCSSc1ccc([N+](=O)[O-])cn1)On1c(O)ccc1O. The topological polar surface area (TPSA) is 128 Å². The first-order valence-electron chi connectivity index (χ1n) is 6.18. The average molecular weight is 357 g/mol. The Morgan fingerprint density at radius 1 is 1.30 bits per heavy atom. The summed E-state index contributed by atoms with van der Waals surface area (Å²) in [7, 11) is 2.59. The van der Waals surface area contributed by atoms with Gasteiger partial charge in [-0.2, -0.15) is 0 Å². The number of aromatic hydroxyl groups is 2. The molecule has 0 saturated heterocycles. The van der Waals surface area contributed by atoms with Gasteiger partial charge in [0.2, 0.25) is 11.8 Å². The third-order valence-electron chi connectivity index (χ3n) is 2.46. The molecule has 0 aliphatic heterocycles. The third kappa shape index (κ3) is 4.79. The number of carbonyl (C=O) groups is 1. The largest absolute Gasteiger partial charge is 0.492 e. The van der Waals surface area contributed by atoms with Gasteiger partial charge in [0.15, 0.2) is 0 Å². The van der Waals surface area contributed by atoms with Gasteiger partial charge in [-0.1, -0.05) is 10.8 Å². The van der Waals surface area contributed by atoms with Crippen LogP contribution in [-0.4, -0.2) is 36.6 Å². The average Bonchev–Trinajstić information content (AvgIpc) is 2.84. The summed E-state index contributed by atoms with van der Waals surface area (Å²) in [5, 5.41) is 29.7. The van der Waals surface area contributed by atoms with Crippen molar-refractivity contribution in [3.8, 4) is 11.8 Å². The van der Waals surface area contributed by atoms with Crippen LogP contribution in [0.25, 0.3) is 0 Å². The molecule has 0 bridgehead atoms. The molecule has 0 amide bonds. The lowest BCUT2D eigenvalue weighted by Gasteiger charge is -2.06. The van der Waals surface area contributed by atoms with Crippen LogP contribution in [0.1, 0.15) is 6.42 Å². The molecule has 0 unspecified atom stereocenters. The highest BCUT2D eigenvalue weighted by atomic mass is 33.1. The molecule has 2 N–H and O–H groups in total. The molecule has 0 aliphatic carbocycles. The molecular formula is C12H11N3O6S2. The predicted molar refractivity (Wildman–Crippen MR) is 83.2 cm³/mol. The highest BCUT2D eigenvalue weighted by Crippen LogP contribution is 2.30. The summed E-state index contributed by atoms with van der Waals surface area (Å²) in [6.07, 6.45) is 1.20. The van der Waals surface area contributed by atoms with Gasteiger partial charge in [0, 0.05) is 24.0 Å². The van der Waals surface area contributed by atoms with E-state index in [4.69, 9.17) is 4.84 Å². The van der Waals surface area contributed by atoms with Crippen molar-refractivity contribution in [2.24, 2.45) is 0 Å². The fourth-order valence-corrected chi connectivity index (χ4v) is 3.23. The lowest BCUT2D eigenvalue weighted by atomic mass is 10.4. The number of pyridine rings is 1. The standard InChI is InChI=1S/C12H11N3O6S2/c16-10-3-4-11(17)14(10)21-12(18)5-6-22-23-9-2-1-8(7-13-9)15(19)20/h1-4,7,16-17H,5-6H2. The van der Waals surface area contributed by atoms with E-state index in [0.717, 1.165) is 6.20 Å². The number of nitrogens with zero attached hydrogens (tertiary/aromatic N) is 3. The minimum atomic E-state index is -0.628. The van der Waals surface area contributed by atoms with Gasteiger partial charge in [0.05, 0.1) is 11.3 Å². The lowest BCUT2D eigenvalue weighted by Crippen LogP contribution is -2.19. The van der Waals surface area contributed by atoms with Gasteiger partial charge in [0.25, 0.3) is 5.69 Å². The molecule has 0 aromatic carbocycles. The Morgan fingerprint density at radius 2 is 2.00 bits per heavy atom. The zero-order valence-electron chi connectivity index (χ0n) is 11.5. The van der Waals surface area contributed by atoms with Crippen LogP contribution in [-0.2, 0) is 4.79 Å². The van der Waals surface area contributed by atoms with Crippen molar-refractivity contribution < 1.29 is 24.8 Å². The van der Waals surface area contributed by atoms with Gasteiger partial charge in [-0.15, -0.1) is 4.73 Å². The van der Waals surface area contributed by atoms with Crippen LogP contribution in [0.2, 0.25) is 0 Å². The maximum Gasteiger partial charge on any atom is 0.334 e. The van der Waals surface area contributed by atoms with Gasteiger partial charge < -0.3 is 15.1 Å². The molecule has 0 saturated carbocycles. The number of rotatable bonds is 7. The van der Waals surface area contributed by atoms with Crippen molar-refractivity contribution in [2.75, 3.05) is 5.75 Å². The smallest absolute Gasteiger partial charge is 0.334 e. The van der Waals surface area contributed by atoms with Gasteiger partial charge in [0.1, 0.15) is 11.2 Å². The Balaban J connectivity index is 1.72. The number of hydrogen-bond acceptors (Lipinski definition) is 9. The molecule has 2 heterocycles. The van der Waals surface area contributed by atoms with E-state index in [1.54, 1.807) is 0 Å². The Bertz CT molecular complexity index is 684. The van der Waals surface area contributed by atoms with Crippen LogP contribution < -0.4 is 4.84 Å². The first-order chi connectivity index (χ1) is 11.0. The van der Waals surface area contributed by atoms with Gasteiger partial charge in [-0.25, -0.2) is 9.78 Å². The normalized spacial score (nSPS) is 10.4. The van der Waals surface area contributed by atoms with Crippen LogP contribution in [0.15, 0.2) is 35.5 Å². The highest BCUT2D eigenvalue weighted by molar-refractivity contribution is 8.76. The van der Waals surface area contributed by atoms with Gasteiger partial charge >= 0.3 is 5.97 Å². The van der Waals surface area contributed by atoms with Crippen molar-refractivity contribution in [1.82, 2.24) is 9.71 Å². The molecule has 0 atom stereocenters. The highest BCUT2D eigenvalue weighted by Gasteiger charge is 2.12. The minimum Gasteiger partial charge on any atom is -0.492 e. The summed E-state index contributed by atoms with van der Waals surface area (Å²) < 4.78 is 0.623. The second kappa shape index (κ2) is 7.74. The molecule has 2 aromatic rings. The summed E-state index contributed by atoms with van der Waals surface area (Å²) >= 11 is 0. The van der Waals surface area contributed by atoms with Gasteiger partial charge in [-0.05, 0) is 16.9 Å². The number of nitro groups is 1. The molecule has 2 rings (SSSR count). The summed E-state index contributed by atoms with van der Waals surface area (Å²) in [6.45, 7) is 0. The number of hydrogen-bond donors (Lipinski definition) is 2. The Morgan fingerprint density at radius 3 is 2.57 bits per heavy atom. The van der Waals surface area contributed by atoms with Gasteiger partial charge in [-0.3, -0.25) is 10.1 Å². The Hall–Kier alpha value is -2.40.